The highest BCUT2D eigenvalue weighted by atomic mass is 31.2. The lowest BCUT2D eigenvalue weighted by Crippen LogP contribution is -2.29. The summed E-state index contributed by atoms with van der Waals surface area (Å²) in [6.07, 6.45) is 32.1. The Bertz CT molecular complexity index is 827. The zero-order chi connectivity index (χ0) is 37.7. The van der Waals surface area contributed by atoms with Crippen LogP contribution in [0.15, 0.2) is 0 Å². The lowest BCUT2D eigenvalue weighted by Gasteiger charge is -2.20. The van der Waals surface area contributed by atoms with E-state index in [0.717, 1.165) is 32.1 Å². The summed E-state index contributed by atoms with van der Waals surface area (Å²) >= 11 is 0. The SMILES string of the molecule is CCCCCCCCCCCCCCCCCC(=O)OC[C@@H](COP(=O)(O)OC[C@H](O)CO)OC(=O)CCCCCCCCCCCCCCC. The summed E-state index contributed by atoms with van der Waals surface area (Å²) in [5, 5.41) is 18.3. The minimum Gasteiger partial charge on any atom is -0.462 e. The van der Waals surface area contributed by atoms with Gasteiger partial charge in [0.1, 0.15) is 12.7 Å². The van der Waals surface area contributed by atoms with E-state index in [4.69, 9.17) is 19.1 Å². The van der Waals surface area contributed by atoms with Gasteiger partial charge in [-0.3, -0.25) is 18.6 Å². The molecule has 11 heteroatoms. The molecule has 3 atom stereocenters. The van der Waals surface area contributed by atoms with Crippen molar-refractivity contribution in [3.63, 3.8) is 0 Å². The van der Waals surface area contributed by atoms with Gasteiger partial charge in [-0.05, 0) is 12.8 Å². The highest BCUT2D eigenvalue weighted by Crippen LogP contribution is 2.43. The molecule has 0 fully saturated rings. The molecule has 1 unspecified atom stereocenters. The van der Waals surface area contributed by atoms with Gasteiger partial charge in [0.15, 0.2) is 6.10 Å². The van der Waals surface area contributed by atoms with Gasteiger partial charge in [0.2, 0.25) is 0 Å². The first-order chi connectivity index (χ1) is 24.7. The van der Waals surface area contributed by atoms with Gasteiger partial charge in [-0.15, -0.1) is 0 Å². The number of hydrogen-bond acceptors (Lipinski definition) is 9. The monoisotopic (exact) mass is 751 g/mol. The smallest absolute Gasteiger partial charge is 0.462 e. The second kappa shape index (κ2) is 37.3. The minimum atomic E-state index is -4.60. The van der Waals surface area contributed by atoms with Gasteiger partial charge >= 0.3 is 19.8 Å². The van der Waals surface area contributed by atoms with Gasteiger partial charge in [0, 0.05) is 12.8 Å². The Morgan fingerprint density at radius 2 is 0.843 bits per heavy atom. The third-order valence-corrected chi connectivity index (χ3v) is 10.2. The number of carbonyl (C=O) groups excluding carboxylic acids is 2. The molecule has 0 bridgehead atoms. The van der Waals surface area contributed by atoms with Crippen molar-refractivity contribution in [1.29, 1.82) is 0 Å². The van der Waals surface area contributed by atoms with Crippen LogP contribution in [0.2, 0.25) is 0 Å². The van der Waals surface area contributed by atoms with Gasteiger partial charge in [-0.1, -0.05) is 181 Å². The molecule has 0 rings (SSSR count). The average molecular weight is 751 g/mol. The summed E-state index contributed by atoms with van der Waals surface area (Å²) in [5.41, 5.74) is 0. The first-order valence-corrected chi connectivity index (χ1v) is 22.5. The summed E-state index contributed by atoms with van der Waals surface area (Å²) in [6, 6.07) is 0. The van der Waals surface area contributed by atoms with Crippen LogP contribution in [0.3, 0.4) is 0 Å². The fraction of sp³-hybridized carbons (Fsp3) is 0.950. The number of ether oxygens (including phenoxy) is 2. The molecule has 51 heavy (non-hydrogen) atoms. The van der Waals surface area contributed by atoms with E-state index in [9.17, 15) is 24.2 Å². The zero-order valence-electron chi connectivity index (χ0n) is 32.8. The molecular weight excluding hydrogens is 671 g/mol. The number of esters is 2. The number of phosphoric ester groups is 1. The molecule has 0 aromatic heterocycles. The lowest BCUT2D eigenvalue weighted by molar-refractivity contribution is -0.161. The molecule has 3 N–H and O–H groups in total. The van der Waals surface area contributed by atoms with Crippen LogP contribution in [0, 0.1) is 0 Å². The molecule has 0 radical (unpaired) electrons. The van der Waals surface area contributed by atoms with Crippen LogP contribution in [-0.2, 0) is 32.7 Å². The molecule has 0 aliphatic rings. The van der Waals surface area contributed by atoms with E-state index in [-0.39, 0.29) is 19.4 Å². The van der Waals surface area contributed by atoms with Crippen LogP contribution < -0.4 is 0 Å². The van der Waals surface area contributed by atoms with Crippen molar-refractivity contribution < 1.29 is 47.8 Å². The van der Waals surface area contributed by atoms with Crippen molar-refractivity contribution in [2.24, 2.45) is 0 Å². The molecule has 0 saturated heterocycles. The molecular formula is C40H79O10P. The van der Waals surface area contributed by atoms with Crippen LogP contribution in [0.25, 0.3) is 0 Å². The zero-order valence-corrected chi connectivity index (χ0v) is 33.7. The predicted octanol–water partition coefficient (Wildman–Crippen LogP) is 10.7. The second-order valence-corrected chi connectivity index (χ2v) is 15.8. The van der Waals surface area contributed by atoms with Crippen LogP contribution >= 0.6 is 7.82 Å². The highest BCUT2D eigenvalue weighted by molar-refractivity contribution is 7.47. The first kappa shape index (κ1) is 50.0. The van der Waals surface area contributed by atoms with Crippen molar-refractivity contribution >= 4 is 19.8 Å². The summed E-state index contributed by atoms with van der Waals surface area (Å²) in [4.78, 5) is 34.9. The minimum absolute atomic E-state index is 0.192. The van der Waals surface area contributed by atoms with Gasteiger partial charge < -0.3 is 24.6 Å². The maximum atomic E-state index is 12.6. The van der Waals surface area contributed by atoms with Crippen molar-refractivity contribution in [2.45, 2.75) is 219 Å². The molecule has 0 aromatic rings. The Morgan fingerprint density at radius 1 is 0.510 bits per heavy atom. The van der Waals surface area contributed by atoms with Crippen LogP contribution in [0.4, 0.5) is 0 Å². The third-order valence-electron chi connectivity index (χ3n) is 9.26. The topological polar surface area (TPSA) is 149 Å². The van der Waals surface area contributed by atoms with Gasteiger partial charge in [0.25, 0.3) is 0 Å². The number of aliphatic hydroxyl groups is 2. The summed E-state index contributed by atoms with van der Waals surface area (Å²) in [7, 11) is -4.60. The van der Waals surface area contributed by atoms with Crippen molar-refractivity contribution in [2.75, 3.05) is 26.4 Å². The Kier molecular flexibility index (Phi) is 36.5. The highest BCUT2D eigenvalue weighted by Gasteiger charge is 2.27. The van der Waals surface area contributed by atoms with E-state index in [1.165, 1.54) is 135 Å². The Balaban J connectivity index is 4.27. The van der Waals surface area contributed by atoms with E-state index in [1.807, 2.05) is 0 Å². The summed E-state index contributed by atoms with van der Waals surface area (Å²) in [5.74, 6) is -0.911. The number of rotatable bonds is 40. The standard InChI is InChI=1S/C40H79O10P/c1-3-5-7-9-11-13-15-17-18-20-21-23-25-27-29-31-39(43)47-35-38(36-49-51(45,46)48-34-37(42)33-41)50-40(44)32-30-28-26-24-22-19-16-14-12-10-8-6-4-2/h37-38,41-42H,3-36H2,1-2H3,(H,45,46)/t37-,38+/m1/s1. The summed E-state index contributed by atoms with van der Waals surface area (Å²) < 4.78 is 32.7. The Hall–Kier alpha value is -1.03. The summed E-state index contributed by atoms with van der Waals surface area (Å²) in [6.45, 7) is 2.40. The van der Waals surface area contributed by atoms with Gasteiger partial charge in [-0.2, -0.15) is 0 Å². The second-order valence-electron chi connectivity index (χ2n) is 14.4. The predicted molar refractivity (Wildman–Crippen MR) is 206 cm³/mol. The van der Waals surface area contributed by atoms with Gasteiger partial charge in [-0.25, -0.2) is 4.57 Å². The average Bonchev–Trinajstić information content (AvgIpc) is 3.12. The Labute approximate surface area is 312 Å². The first-order valence-electron chi connectivity index (χ1n) is 21.0. The number of phosphoric acid groups is 1. The van der Waals surface area contributed by atoms with Crippen molar-refractivity contribution in [3.05, 3.63) is 0 Å². The molecule has 0 heterocycles. The van der Waals surface area contributed by atoms with E-state index in [1.54, 1.807) is 0 Å². The number of unbranched alkanes of at least 4 members (excludes halogenated alkanes) is 26. The number of hydrogen-bond donors (Lipinski definition) is 3. The fourth-order valence-corrected chi connectivity index (χ4v) is 6.78. The molecule has 0 aliphatic carbocycles. The third kappa shape index (κ3) is 37.1. The van der Waals surface area contributed by atoms with E-state index >= 15 is 0 Å². The molecule has 0 aliphatic heterocycles. The lowest BCUT2D eigenvalue weighted by atomic mass is 10.0. The maximum Gasteiger partial charge on any atom is 0.472 e. The molecule has 0 saturated carbocycles. The maximum absolute atomic E-state index is 12.6. The largest absolute Gasteiger partial charge is 0.472 e. The molecule has 0 aromatic carbocycles. The van der Waals surface area contributed by atoms with Crippen molar-refractivity contribution in [1.82, 2.24) is 0 Å². The quantitative estimate of drug-likeness (QED) is 0.0314. The normalized spacial score (nSPS) is 13.9. The van der Waals surface area contributed by atoms with E-state index in [0.29, 0.717) is 12.8 Å². The molecule has 304 valence electrons. The molecule has 0 spiro atoms. The van der Waals surface area contributed by atoms with Crippen LogP contribution in [0.5, 0.6) is 0 Å². The Morgan fingerprint density at radius 3 is 1.22 bits per heavy atom. The number of aliphatic hydroxyl groups excluding tert-OH is 2. The number of carbonyl (C=O) groups is 2. The van der Waals surface area contributed by atoms with Crippen LogP contribution in [0.1, 0.15) is 206 Å². The van der Waals surface area contributed by atoms with E-state index in [2.05, 4.69) is 18.4 Å². The fourth-order valence-electron chi connectivity index (χ4n) is 5.99. The molecule has 0 amide bonds. The van der Waals surface area contributed by atoms with Crippen LogP contribution in [-0.4, -0.2) is 65.7 Å². The van der Waals surface area contributed by atoms with E-state index < -0.39 is 51.8 Å². The van der Waals surface area contributed by atoms with Gasteiger partial charge in [0.05, 0.1) is 19.8 Å². The molecule has 10 nitrogen and oxygen atoms in total. The van der Waals surface area contributed by atoms with Crippen molar-refractivity contribution in [3.8, 4) is 0 Å².